The first kappa shape index (κ1) is 21.6. The number of benzene rings is 2. The number of hydrogen-bond donors (Lipinski definition) is 1. The summed E-state index contributed by atoms with van der Waals surface area (Å²) in [6, 6.07) is 9.39. The van der Waals surface area contributed by atoms with Gasteiger partial charge in [-0.25, -0.2) is 9.38 Å². The van der Waals surface area contributed by atoms with E-state index < -0.39 is 0 Å². The zero-order valence-electron chi connectivity index (χ0n) is 18.8. The summed E-state index contributed by atoms with van der Waals surface area (Å²) in [4.78, 5) is 19.7. The van der Waals surface area contributed by atoms with E-state index in [9.17, 15) is 4.79 Å². The molecule has 1 atom stereocenters. The Morgan fingerprint density at radius 1 is 1.29 bits per heavy atom. The van der Waals surface area contributed by atoms with Crippen molar-refractivity contribution >= 4 is 40.3 Å². The lowest BCUT2D eigenvalue weighted by molar-refractivity contribution is -0.115. The summed E-state index contributed by atoms with van der Waals surface area (Å²) in [6.07, 6.45) is 2.62. The molecule has 0 aliphatic carbocycles. The summed E-state index contributed by atoms with van der Waals surface area (Å²) in [5.41, 5.74) is 5.48. The molecule has 4 nitrogen and oxygen atoms in total. The second-order valence-electron chi connectivity index (χ2n) is 9.11. The van der Waals surface area contributed by atoms with Crippen LogP contribution >= 0.6 is 11.8 Å². The van der Waals surface area contributed by atoms with E-state index in [2.05, 4.69) is 36.0 Å². The monoisotopic (exact) mass is 437 g/mol. The summed E-state index contributed by atoms with van der Waals surface area (Å²) < 4.78 is 15.0. The molecule has 2 aromatic rings. The van der Waals surface area contributed by atoms with Crippen molar-refractivity contribution in [2.45, 2.75) is 52.5 Å². The largest absolute Gasteiger partial charge is 0.369 e. The standard InChI is InChI=1S/C25H28FN3OS/c1-14-8-7-9-20(16(14)3)27-24-28-23(30)22(31-24)11-17-10-18-15(2)13-25(4,5)29(6)21(18)12-19(17)26/h7-12,15H,13H2,1-6H3,(H,27,28,30)/b22-11+. The first-order valence-electron chi connectivity index (χ1n) is 10.5. The predicted octanol–water partition coefficient (Wildman–Crippen LogP) is 6.06. The average molecular weight is 438 g/mol. The molecule has 2 aromatic carbocycles. The van der Waals surface area contributed by atoms with Gasteiger partial charge in [0.05, 0.1) is 10.6 Å². The molecular formula is C25H28FN3OS. The van der Waals surface area contributed by atoms with Gasteiger partial charge in [-0.2, -0.15) is 0 Å². The van der Waals surface area contributed by atoms with Crippen LogP contribution in [-0.2, 0) is 4.79 Å². The molecule has 0 saturated carbocycles. The third-order valence-corrected chi connectivity index (χ3v) is 7.40. The van der Waals surface area contributed by atoms with Crippen LogP contribution in [0.1, 0.15) is 55.4 Å². The van der Waals surface area contributed by atoms with Gasteiger partial charge in [-0.05, 0) is 92.8 Å². The van der Waals surface area contributed by atoms with Crippen LogP contribution in [-0.4, -0.2) is 23.7 Å². The number of aliphatic imine (C=N–C) groups is 1. The minimum Gasteiger partial charge on any atom is -0.369 e. The molecule has 162 valence electrons. The van der Waals surface area contributed by atoms with Gasteiger partial charge in [0.1, 0.15) is 5.82 Å². The lowest BCUT2D eigenvalue weighted by Crippen LogP contribution is -2.45. The SMILES string of the molecule is Cc1cccc(N=C2NC(=O)/C(=C\c3cc4c(cc3F)N(C)C(C)(C)CC4C)S2)c1C. The van der Waals surface area contributed by atoms with E-state index in [1.807, 2.05) is 45.2 Å². The lowest BCUT2D eigenvalue weighted by Gasteiger charge is -2.45. The highest BCUT2D eigenvalue weighted by molar-refractivity contribution is 8.18. The second-order valence-corrected chi connectivity index (χ2v) is 10.1. The maximum Gasteiger partial charge on any atom is 0.264 e. The maximum atomic E-state index is 15.0. The Labute approximate surface area is 187 Å². The summed E-state index contributed by atoms with van der Waals surface area (Å²) in [5.74, 6) is -0.265. The number of amidine groups is 1. The molecule has 1 fully saturated rings. The number of anilines is 1. The number of aryl methyl sites for hydroxylation is 1. The highest BCUT2D eigenvalue weighted by Gasteiger charge is 2.35. The van der Waals surface area contributed by atoms with E-state index in [-0.39, 0.29) is 17.3 Å². The number of carbonyl (C=O) groups excluding carboxylic acids is 1. The molecule has 4 rings (SSSR count). The summed E-state index contributed by atoms with van der Waals surface area (Å²) in [5, 5.41) is 3.32. The Morgan fingerprint density at radius 2 is 2.03 bits per heavy atom. The van der Waals surface area contributed by atoms with E-state index in [1.54, 1.807) is 12.1 Å². The molecule has 0 aromatic heterocycles. The molecule has 2 aliphatic heterocycles. The molecule has 0 spiro atoms. The average Bonchev–Trinajstić information content (AvgIpc) is 3.03. The summed E-state index contributed by atoms with van der Waals surface area (Å²) in [7, 11) is 2.01. The Hall–Kier alpha value is -2.60. The molecule has 1 unspecified atom stereocenters. The number of nitrogens with one attached hydrogen (secondary N) is 1. The predicted molar refractivity (Wildman–Crippen MR) is 129 cm³/mol. The van der Waals surface area contributed by atoms with E-state index in [4.69, 9.17) is 0 Å². The minimum atomic E-state index is -0.323. The van der Waals surface area contributed by atoms with E-state index >= 15 is 4.39 Å². The van der Waals surface area contributed by atoms with Crippen LogP contribution in [0.25, 0.3) is 6.08 Å². The molecule has 2 aliphatic rings. The molecule has 31 heavy (non-hydrogen) atoms. The highest BCUT2D eigenvalue weighted by Crippen LogP contribution is 2.43. The second kappa shape index (κ2) is 7.83. The highest BCUT2D eigenvalue weighted by atomic mass is 32.2. The maximum absolute atomic E-state index is 15.0. The van der Waals surface area contributed by atoms with Gasteiger partial charge in [0.2, 0.25) is 0 Å². The van der Waals surface area contributed by atoms with Crippen molar-refractivity contribution in [2.75, 3.05) is 11.9 Å². The van der Waals surface area contributed by atoms with E-state index in [1.165, 1.54) is 11.8 Å². The first-order valence-corrected chi connectivity index (χ1v) is 11.3. The number of fused-ring (bicyclic) bond motifs is 1. The Kier molecular flexibility index (Phi) is 5.46. The van der Waals surface area contributed by atoms with E-state index in [0.29, 0.717) is 21.6 Å². The van der Waals surface area contributed by atoms with Crippen molar-refractivity contribution in [1.29, 1.82) is 0 Å². The van der Waals surface area contributed by atoms with Crippen molar-refractivity contribution in [3.05, 3.63) is 63.3 Å². The number of nitrogens with zero attached hydrogens (tertiary/aromatic N) is 2. The van der Waals surface area contributed by atoms with Crippen molar-refractivity contribution in [3.8, 4) is 0 Å². The Bertz CT molecular complexity index is 1140. The van der Waals surface area contributed by atoms with Crippen LogP contribution in [0.2, 0.25) is 0 Å². The van der Waals surface area contributed by atoms with Crippen molar-refractivity contribution in [1.82, 2.24) is 5.32 Å². The topological polar surface area (TPSA) is 44.7 Å². The van der Waals surface area contributed by atoms with Crippen LogP contribution in [0.5, 0.6) is 0 Å². The number of amides is 1. The van der Waals surface area contributed by atoms with E-state index in [0.717, 1.165) is 34.5 Å². The lowest BCUT2D eigenvalue weighted by atomic mass is 9.80. The molecule has 2 heterocycles. The molecule has 1 saturated heterocycles. The molecule has 1 N–H and O–H groups in total. The molecular weight excluding hydrogens is 409 g/mol. The quantitative estimate of drug-likeness (QED) is 0.581. The van der Waals surface area contributed by atoms with Gasteiger partial charge in [-0.1, -0.05) is 19.1 Å². The Balaban J connectivity index is 1.67. The fourth-order valence-electron chi connectivity index (χ4n) is 4.30. The normalized spacial score (nSPS) is 22.7. The van der Waals surface area contributed by atoms with Gasteiger partial charge in [0.25, 0.3) is 5.91 Å². The van der Waals surface area contributed by atoms with Gasteiger partial charge in [0.15, 0.2) is 5.17 Å². The fraction of sp³-hybridized carbons (Fsp3) is 0.360. The summed E-state index contributed by atoms with van der Waals surface area (Å²) >= 11 is 1.24. The van der Waals surface area contributed by atoms with Crippen molar-refractivity contribution in [3.63, 3.8) is 0 Å². The smallest absolute Gasteiger partial charge is 0.264 e. The van der Waals surface area contributed by atoms with Crippen LogP contribution in [0, 0.1) is 19.7 Å². The fourth-order valence-corrected chi connectivity index (χ4v) is 5.13. The number of carbonyl (C=O) groups is 1. The molecule has 1 amide bonds. The van der Waals surface area contributed by atoms with Gasteiger partial charge in [-0.15, -0.1) is 0 Å². The zero-order valence-corrected chi connectivity index (χ0v) is 19.7. The van der Waals surface area contributed by atoms with Crippen LogP contribution in [0.4, 0.5) is 15.8 Å². The van der Waals surface area contributed by atoms with Crippen LogP contribution < -0.4 is 10.2 Å². The first-order chi connectivity index (χ1) is 14.6. The third kappa shape index (κ3) is 4.01. The van der Waals surface area contributed by atoms with Crippen LogP contribution in [0.3, 0.4) is 0 Å². The van der Waals surface area contributed by atoms with Gasteiger partial charge < -0.3 is 10.2 Å². The number of hydrogen-bond acceptors (Lipinski definition) is 4. The summed E-state index contributed by atoms with van der Waals surface area (Å²) in [6.45, 7) is 10.6. The number of halogens is 1. The molecule has 6 heteroatoms. The van der Waals surface area contributed by atoms with Crippen molar-refractivity contribution in [2.24, 2.45) is 4.99 Å². The van der Waals surface area contributed by atoms with Gasteiger partial charge >= 0.3 is 0 Å². The number of rotatable bonds is 2. The zero-order chi connectivity index (χ0) is 22.5. The number of thioether (sulfide) groups is 1. The third-order valence-electron chi connectivity index (χ3n) is 6.49. The van der Waals surface area contributed by atoms with Crippen molar-refractivity contribution < 1.29 is 9.18 Å². The van der Waals surface area contributed by atoms with Crippen LogP contribution in [0.15, 0.2) is 40.2 Å². The molecule has 0 radical (unpaired) electrons. The Morgan fingerprint density at radius 3 is 2.77 bits per heavy atom. The molecule has 0 bridgehead atoms. The van der Waals surface area contributed by atoms with Gasteiger partial charge in [0, 0.05) is 23.8 Å². The minimum absolute atomic E-state index is 0.0285. The van der Waals surface area contributed by atoms with Gasteiger partial charge in [-0.3, -0.25) is 4.79 Å².